The van der Waals surface area contributed by atoms with Crippen LogP contribution in [0.3, 0.4) is 0 Å². The molecule has 0 saturated carbocycles. The number of thioether (sulfide) groups is 1. The Balaban J connectivity index is 2.19. The second-order valence-electron chi connectivity index (χ2n) is 4.08. The fourth-order valence-electron chi connectivity index (χ4n) is 1.93. The Kier molecular flexibility index (Phi) is 3.53. The van der Waals surface area contributed by atoms with Crippen molar-refractivity contribution < 1.29 is 0 Å². The van der Waals surface area contributed by atoms with Gasteiger partial charge in [0.1, 0.15) is 5.82 Å². The van der Waals surface area contributed by atoms with Crippen molar-refractivity contribution in [1.82, 2.24) is 9.97 Å². The summed E-state index contributed by atoms with van der Waals surface area (Å²) in [4.78, 5) is 10.7. The van der Waals surface area contributed by atoms with Crippen LogP contribution in [0.15, 0.2) is 6.20 Å². The van der Waals surface area contributed by atoms with Gasteiger partial charge in [-0.2, -0.15) is 16.7 Å². The zero-order valence-electron chi connectivity index (χ0n) is 9.81. The Morgan fingerprint density at radius 3 is 3.19 bits per heavy atom. The molecule has 88 valence electrons. The minimum Gasteiger partial charge on any atom is -0.368 e. The summed E-state index contributed by atoms with van der Waals surface area (Å²) in [6.45, 7) is 6.40. The van der Waals surface area contributed by atoms with Crippen LogP contribution in [0.25, 0.3) is 0 Å². The van der Waals surface area contributed by atoms with Crippen LogP contribution in [0.4, 0.5) is 11.8 Å². The van der Waals surface area contributed by atoms with Crippen LogP contribution in [0.2, 0.25) is 0 Å². The molecule has 0 radical (unpaired) electrons. The molecule has 2 heterocycles. The number of rotatable bonds is 2. The highest BCUT2D eigenvalue weighted by Gasteiger charge is 2.21. The molecule has 1 atom stereocenters. The number of anilines is 2. The van der Waals surface area contributed by atoms with Gasteiger partial charge in [0.05, 0.1) is 0 Å². The minimum absolute atomic E-state index is 0.367. The lowest BCUT2D eigenvalue weighted by Gasteiger charge is -2.33. The predicted molar refractivity (Wildman–Crippen MR) is 69.9 cm³/mol. The van der Waals surface area contributed by atoms with Crippen molar-refractivity contribution in [3.63, 3.8) is 0 Å². The van der Waals surface area contributed by atoms with E-state index in [4.69, 9.17) is 5.73 Å². The van der Waals surface area contributed by atoms with Gasteiger partial charge in [0.25, 0.3) is 0 Å². The summed E-state index contributed by atoms with van der Waals surface area (Å²) < 4.78 is 0. The lowest BCUT2D eigenvalue weighted by atomic mass is 10.2. The smallest absolute Gasteiger partial charge is 0.221 e. The van der Waals surface area contributed by atoms with E-state index in [1.165, 1.54) is 12.2 Å². The summed E-state index contributed by atoms with van der Waals surface area (Å²) in [6, 6.07) is 0. The van der Waals surface area contributed by atoms with Crippen LogP contribution in [0.1, 0.15) is 18.9 Å². The molecule has 1 aromatic rings. The van der Waals surface area contributed by atoms with Crippen LogP contribution in [0, 0.1) is 6.92 Å². The van der Waals surface area contributed by atoms with E-state index in [0.29, 0.717) is 11.2 Å². The van der Waals surface area contributed by atoms with E-state index < -0.39 is 0 Å². The lowest BCUT2D eigenvalue weighted by molar-refractivity contribution is 0.717. The molecule has 1 aliphatic rings. The highest BCUT2D eigenvalue weighted by molar-refractivity contribution is 8.00. The molecule has 4 nitrogen and oxygen atoms in total. The largest absolute Gasteiger partial charge is 0.368 e. The minimum atomic E-state index is 0.367. The molecule has 0 bridgehead atoms. The Bertz CT molecular complexity index is 369. The summed E-state index contributed by atoms with van der Waals surface area (Å²) in [7, 11) is 0. The standard InChI is InChI=1S/C11H18N4S/c1-3-9-7-15(4-5-16-9)10-8(2)6-13-11(12)14-10/h6,9H,3-5,7H2,1-2H3,(H2,12,13,14). The second kappa shape index (κ2) is 4.91. The maximum atomic E-state index is 5.65. The Morgan fingerprint density at radius 2 is 2.44 bits per heavy atom. The van der Waals surface area contributed by atoms with Gasteiger partial charge in [0.2, 0.25) is 5.95 Å². The molecule has 0 spiro atoms. The van der Waals surface area contributed by atoms with Gasteiger partial charge in [-0.3, -0.25) is 0 Å². The van der Waals surface area contributed by atoms with E-state index in [-0.39, 0.29) is 0 Å². The van der Waals surface area contributed by atoms with Crippen molar-refractivity contribution >= 4 is 23.5 Å². The monoisotopic (exact) mass is 238 g/mol. The van der Waals surface area contributed by atoms with E-state index in [9.17, 15) is 0 Å². The van der Waals surface area contributed by atoms with E-state index in [2.05, 4.69) is 33.6 Å². The van der Waals surface area contributed by atoms with Crippen molar-refractivity contribution in [2.75, 3.05) is 29.5 Å². The molecule has 0 aromatic carbocycles. The van der Waals surface area contributed by atoms with Crippen molar-refractivity contribution in [2.45, 2.75) is 25.5 Å². The first-order valence-corrected chi connectivity index (χ1v) is 6.71. The SMILES string of the molecule is CCC1CN(c2nc(N)ncc2C)CCS1. The molecular formula is C11H18N4S. The van der Waals surface area contributed by atoms with Crippen molar-refractivity contribution in [1.29, 1.82) is 0 Å². The first kappa shape index (κ1) is 11.5. The van der Waals surface area contributed by atoms with Gasteiger partial charge < -0.3 is 10.6 Å². The number of nitrogens with zero attached hydrogens (tertiary/aromatic N) is 3. The van der Waals surface area contributed by atoms with Gasteiger partial charge in [0.15, 0.2) is 0 Å². The number of aromatic nitrogens is 2. The average Bonchev–Trinajstić information content (AvgIpc) is 2.32. The topological polar surface area (TPSA) is 55.0 Å². The normalized spacial score (nSPS) is 21.1. The third kappa shape index (κ3) is 2.40. The van der Waals surface area contributed by atoms with E-state index in [1.807, 2.05) is 6.92 Å². The average molecular weight is 238 g/mol. The number of nitrogens with two attached hydrogens (primary N) is 1. The number of hydrogen-bond acceptors (Lipinski definition) is 5. The molecule has 5 heteroatoms. The number of nitrogen functional groups attached to an aromatic ring is 1. The van der Waals surface area contributed by atoms with Crippen LogP contribution >= 0.6 is 11.8 Å². The van der Waals surface area contributed by atoms with E-state index >= 15 is 0 Å². The Labute approximate surface area is 101 Å². The summed E-state index contributed by atoms with van der Waals surface area (Å²) in [5.41, 5.74) is 6.75. The number of hydrogen-bond donors (Lipinski definition) is 1. The van der Waals surface area contributed by atoms with Gasteiger partial charge >= 0.3 is 0 Å². The fraction of sp³-hybridized carbons (Fsp3) is 0.636. The first-order valence-electron chi connectivity index (χ1n) is 5.66. The lowest BCUT2D eigenvalue weighted by Crippen LogP contribution is -2.38. The third-order valence-electron chi connectivity index (χ3n) is 2.86. The summed E-state index contributed by atoms with van der Waals surface area (Å²) in [6.07, 6.45) is 3.02. The second-order valence-corrected chi connectivity index (χ2v) is 5.49. The Morgan fingerprint density at radius 1 is 1.62 bits per heavy atom. The Hall–Kier alpha value is -0.970. The van der Waals surface area contributed by atoms with Crippen LogP contribution in [-0.2, 0) is 0 Å². The summed E-state index contributed by atoms with van der Waals surface area (Å²) >= 11 is 2.06. The zero-order chi connectivity index (χ0) is 11.5. The highest BCUT2D eigenvalue weighted by Crippen LogP contribution is 2.26. The van der Waals surface area contributed by atoms with Gasteiger partial charge in [-0.05, 0) is 13.3 Å². The molecule has 1 fully saturated rings. The third-order valence-corrected chi connectivity index (χ3v) is 4.23. The first-order chi connectivity index (χ1) is 7.70. The molecule has 1 aromatic heterocycles. The molecule has 1 saturated heterocycles. The molecule has 2 N–H and O–H groups in total. The molecular weight excluding hydrogens is 220 g/mol. The summed E-state index contributed by atoms with van der Waals surface area (Å²) in [5, 5.41) is 0.712. The van der Waals surface area contributed by atoms with Gasteiger partial charge in [-0.25, -0.2) is 4.98 Å². The maximum absolute atomic E-state index is 5.65. The summed E-state index contributed by atoms with van der Waals surface area (Å²) in [5.74, 6) is 2.54. The van der Waals surface area contributed by atoms with Crippen molar-refractivity contribution in [3.8, 4) is 0 Å². The van der Waals surface area contributed by atoms with Crippen molar-refractivity contribution in [3.05, 3.63) is 11.8 Å². The molecule has 16 heavy (non-hydrogen) atoms. The van der Waals surface area contributed by atoms with Gasteiger partial charge in [-0.1, -0.05) is 6.92 Å². The predicted octanol–water partition coefficient (Wildman–Crippen LogP) is 1.70. The van der Waals surface area contributed by atoms with E-state index in [0.717, 1.165) is 24.5 Å². The van der Waals surface area contributed by atoms with Crippen LogP contribution in [0.5, 0.6) is 0 Å². The maximum Gasteiger partial charge on any atom is 0.221 e. The van der Waals surface area contributed by atoms with E-state index in [1.54, 1.807) is 6.20 Å². The van der Waals surface area contributed by atoms with Crippen molar-refractivity contribution in [2.24, 2.45) is 0 Å². The van der Waals surface area contributed by atoms with Gasteiger partial charge in [0, 0.05) is 35.9 Å². The van der Waals surface area contributed by atoms with Crippen LogP contribution < -0.4 is 10.6 Å². The van der Waals surface area contributed by atoms with Crippen LogP contribution in [-0.4, -0.2) is 34.1 Å². The zero-order valence-corrected chi connectivity index (χ0v) is 10.6. The highest BCUT2D eigenvalue weighted by atomic mass is 32.2. The van der Waals surface area contributed by atoms with Gasteiger partial charge in [-0.15, -0.1) is 0 Å². The fourth-order valence-corrected chi connectivity index (χ4v) is 3.11. The molecule has 0 amide bonds. The molecule has 2 rings (SSSR count). The molecule has 0 aliphatic carbocycles. The number of aryl methyl sites for hydroxylation is 1. The quantitative estimate of drug-likeness (QED) is 0.850. The molecule has 1 aliphatic heterocycles. The molecule has 1 unspecified atom stereocenters.